The Labute approximate surface area is 209 Å². The molecule has 3 aromatic carbocycles. The van der Waals surface area contributed by atoms with Crippen molar-refractivity contribution in [1.29, 1.82) is 0 Å². The summed E-state index contributed by atoms with van der Waals surface area (Å²) in [7, 11) is 2.18. The van der Waals surface area contributed by atoms with E-state index >= 15 is 0 Å². The van der Waals surface area contributed by atoms with Gasteiger partial charge >= 0.3 is 0 Å². The molecule has 1 aliphatic carbocycles. The van der Waals surface area contributed by atoms with Gasteiger partial charge in [0.1, 0.15) is 12.4 Å². The average molecular weight is 472 g/mol. The van der Waals surface area contributed by atoms with Crippen LogP contribution in [0.3, 0.4) is 0 Å². The predicted molar refractivity (Wildman–Crippen MR) is 142 cm³/mol. The first-order chi connectivity index (χ1) is 17.1. The van der Waals surface area contributed by atoms with E-state index < -0.39 is 6.10 Å². The molecule has 1 heterocycles. The Balaban J connectivity index is 1.19. The molecule has 2 atom stereocenters. The van der Waals surface area contributed by atoms with E-state index in [1.165, 1.54) is 33.4 Å². The molecule has 0 radical (unpaired) electrons. The molecule has 35 heavy (non-hydrogen) atoms. The number of likely N-dealkylation sites (N-methyl/N-ethyl adjacent to an activating group) is 1. The molecule has 1 fully saturated rings. The van der Waals surface area contributed by atoms with Crippen LogP contribution in [0.15, 0.2) is 66.7 Å². The van der Waals surface area contributed by atoms with Gasteiger partial charge in [-0.1, -0.05) is 54.6 Å². The number of rotatable bonds is 8. The van der Waals surface area contributed by atoms with Crippen LogP contribution in [0.1, 0.15) is 28.3 Å². The molecule has 184 valence electrons. The van der Waals surface area contributed by atoms with Gasteiger partial charge in [-0.3, -0.25) is 4.90 Å². The maximum Gasteiger partial charge on any atom is 0.120 e. The van der Waals surface area contributed by atoms with E-state index in [9.17, 15) is 5.11 Å². The van der Waals surface area contributed by atoms with Gasteiger partial charge in [-0.25, -0.2) is 0 Å². The van der Waals surface area contributed by atoms with E-state index in [2.05, 4.69) is 83.7 Å². The van der Waals surface area contributed by atoms with Crippen LogP contribution in [0.25, 0.3) is 11.1 Å². The number of benzene rings is 3. The fourth-order valence-electron chi connectivity index (χ4n) is 5.33. The molecule has 5 nitrogen and oxygen atoms in total. The summed E-state index contributed by atoms with van der Waals surface area (Å²) in [6.45, 7) is 9.11. The van der Waals surface area contributed by atoms with Crippen LogP contribution in [0, 0.1) is 6.92 Å². The Morgan fingerprint density at radius 1 is 0.971 bits per heavy atom. The third-order valence-electron chi connectivity index (χ3n) is 7.58. The summed E-state index contributed by atoms with van der Waals surface area (Å²) in [5, 5.41) is 14.3. The minimum absolute atomic E-state index is 0.00341. The molecule has 2 N–H and O–H groups in total. The van der Waals surface area contributed by atoms with Crippen LogP contribution >= 0.6 is 0 Å². The lowest BCUT2D eigenvalue weighted by molar-refractivity contribution is 0.129. The van der Waals surface area contributed by atoms with Crippen molar-refractivity contribution in [2.75, 3.05) is 46.3 Å². The minimum atomic E-state index is -0.391. The molecule has 0 aromatic heterocycles. The fourth-order valence-corrected chi connectivity index (χ4v) is 5.33. The van der Waals surface area contributed by atoms with E-state index in [-0.39, 0.29) is 6.04 Å². The number of nitrogens with one attached hydrogen (secondary N) is 1. The molecule has 3 aromatic rings. The molecule has 1 aliphatic heterocycles. The average Bonchev–Trinajstić information content (AvgIpc) is 3.19. The molecular weight excluding hydrogens is 434 g/mol. The molecule has 1 saturated heterocycles. The maximum absolute atomic E-state index is 10.7. The second-order valence-electron chi connectivity index (χ2n) is 9.95. The molecule has 1 unspecified atom stereocenters. The summed E-state index contributed by atoms with van der Waals surface area (Å²) < 4.78 is 6.22. The number of nitrogens with zero attached hydrogens (tertiary/aromatic N) is 2. The molecule has 0 saturated carbocycles. The second-order valence-corrected chi connectivity index (χ2v) is 9.95. The first kappa shape index (κ1) is 24.0. The summed E-state index contributed by atoms with van der Waals surface area (Å²) in [6.07, 6.45) is 0.277. The Morgan fingerprint density at radius 3 is 2.57 bits per heavy atom. The number of aliphatic hydroxyl groups is 1. The van der Waals surface area contributed by atoms with Gasteiger partial charge in [-0.15, -0.1) is 0 Å². The first-order valence-electron chi connectivity index (χ1n) is 12.8. The van der Waals surface area contributed by atoms with Crippen molar-refractivity contribution in [3.8, 4) is 16.9 Å². The SMILES string of the molecule is Cc1c(COc2ccc3c(c2)C[C@H](O)C3NCCN2CCN(C)CC2)cccc1-c1ccccc1. The molecular formula is C30H37N3O2. The lowest BCUT2D eigenvalue weighted by atomic mass is 9.97. The second kappa shape index (κ2) is 10.9. The fraction of sp³-hybridized carbons (Fsp3) is 0.400. The molecule has 0 spiro atoms. The van der Waals surface area contributed by atoms with Crippen LogP contribution in [0.4, 0.5) is 0 Å². The summed E-state index contributed by atoms with van der Waals surface area (Å²) >= 11 is 0. The zero-order valence-electron chi connectivity index (χ0n) is 20.9. The van der Waals surface area contributed by atoms with Gasteiger partial charge in [0, 0.05) is 45.7 Å². The first-order valence-corrected chi connectivity index (χ1v) is 12.8. The number of hydrogen-bond acceptors (Lipinski definition) is 5. The van der Waals surface area contributed by atoms with Crippen molar-refractivity contribution in [1.82, 2.24) is 15.1 Å². The minimum Gasteiger partial charge on any atom is -0.489 e. The number of aliphatic hydroxyl groups excluding tert-OH is 1. The van der Waals surface area contributed by atoms with Crippen molar-refractivity contribution in [2.45, 2.75) is 32.1 Å². The Kier molecular flexibility index (Phi) is 7.49. The van der Waals surface area contributed by atoms with Gasteiger partial charge in [0.05, 0.1) is 12.1 Å². The van der Waals surface area contributed by atoms with Crippen molar-refractivity contribution in [3.63, 3.8) is 0 Å². The van der Waals surface area contributed by atoms with E-state index in [1.54, 1.807) is 0 Å². The summed E-state index contributed by atoms with van der Waals surface area (Å²) in [4.78, 5) is 4.88. The highest BCUT2D eigenvalue weighted by Crippen LogP contribution is 2.34. The van der Waals surface area contributed by atoms with Crippen molar-refractivity contribution in [2.24, 2.45) is 0 Å². The lowest BCUT2D eigenvalue weighted by Crippen LogP contribution is -2.47. The van der Waals surface area contributed by atoms with Gasteiger partial charge in [0.2, 0.25) is 0 Å². The van der Waals surface area contributed by atoms with Gasteiger partial charge in [-0.2, -0.15) is 0 Å². The zero-order valence-corrected chi connectivity index (χ0v) is 20.9. The van der Waals surface area contributed by atoms with Crippen LogP contribution in [-0.2, 0) is 13.0 Å². The molecule has 5 rings (SSSR count). The highest BCUT2D eigenvalue weighted by Gasteiger charge is 2.31. The van der Waals surface area contributed by atoms with E-state index in [4.69, 9.17) is 4.74 Å². The maximum atomic E-state index is 10.7. The third-order valence-corrected chi connectivity index (χ3v) is 7.58. The summed E-state index contributed by atoms with van der Waals surface area (Å²) in [6, 6.07) is 23.2. The number of piperazine rings is 1. The van der Waals surface area contributed by atoms with Crippen LogP contribution < -0.4 is 10.1 Å². The quantitative estimate of drug-likeness (QED) is 0.519. The van der Waals surface area contributed by atoms with Crippen molar-refractivity contribution < 1.29 is 9.84 Å². The molecule has 0 bridgehead atoms. The van der Waals surface area contributed by atoms with Crippen LogP contribution in [-0.4, -0.2) is 67.3 Å². The molecule has 0 amide bonds. The van der Waals surface area contributed by atoms with E-state index in [0.29, 0.717) is 13.0 Å². The smallest absolute Gasteiger partial charge is 0.120 e. The van der Waals surface area contributed by atoms with Crippen LogP contribution in [0.5, 0.6) is 5.75 Å². The van der Waals surface area contributed by atoms with Gasteiger partial charge in [-0.05, 0) is 59.5 Å². The summed E-state index contributed by atoms with van der Waals surface area (Å²) in [5.41, 5.74) is 7.29. The Hall–Kier alpha value is -2.70. The predicted octanol–water partition coefficient (Wildman–Crippen LogP) is 4.04. The van der Waals surface area contributed by atoms with Crippen LogP contribution in [0.2, 0.25) is 0 Å². The Morgan fingerprint density at radius 2 is 1.77 bits per heavy atom. The number of ether oxygens (including phenoxy) is 1. The van der Waals surface area contributed by atoms with E-state index in [1.807, 2.05) is 12.1 Å². The van der Waals surface area contributed by atoms with Gasteiger partial charge in [0.25, 0.3) is 0 Å². The monoisotopic (exact) mass is 471 g/mol. The standard InChI is InChI=1S/C30H37N3O2/c1-22-24(9-6-10-27(22)23-7-4-3-5-8-23)21-35-26-11-12-28-25(19-26)20-29(34)30(28)31-13-14-33-17-15-32(2)16-18-33/h3-12,19,29-31,34H,13-18,20-21H2,1-2H3/t29-,30?/m0/s1. The normalized spacial score (nSPS) is 20.7. The summed E-state index contributed by atoms with van der Waals surface area (Å²) in [5.74, 6) is 0.860. The van der Waals surface area contributed by atoms with Crippen molar-refractivity contribution in [3.05, 3.63) is 89.0 Å². The van der Waals surface area contributed by atoms with E-state index in [0.717, 1.165) is 45.0 Å². The van der Waals surface area contributed by atoms with Gasteiger partial charge in [0.15, 0.2) is 0 Å². The molecule has 2 aliphatic rings. The number of hydrogen-bond donors (Lipinski definition) is 2. The lowest BCUT2D eigenvalue weighted by Gasteiger charge is -2.32. The van der Waals surface area contributed by atoms with Gasteiger partial charge < -0.3 is 20.1 Å². The highest BCUT2D eigenvalue weighted by atomic mass is 16.5. The number of fused-ring (bicyclic) bond motifs is 1. The Bertz CT molecular complexity index is 1130. The zero-order chi connectivity index (χ0) is 24.2. The molecule has 5 heteroatoms. The topological polar surface area (TPSA) is 48.0 Å². The highest BCUT2D eigenvalue weighted by molar-refractivity contribution is 5.68. The van der Waals surface area contributed by atoms with Crippen molar-refractivity contribution >= 4 is 0 Å². The third kappa shape index (κ3) is 5.60. The largest absolute Gasteiger partial charge is 0.489 e.